The molecule has 0 aliphatic heterocycles. The molecule has 0 fully saturated rings. The first-order valence-electron chi connectivity index (χ1n) is 4.05. The number of rotatable bonds is 3. The Bertz CT molecular complexity index is 438. The fourth-order valence-electron chi connectivity index (χ4n) is 1.13. The molecule has 0 aliphatic carbocycles. The van der Waals surface area contributed by atoms with E-state index in [-0.39, 0.29) is 0 Å². The Hall–Kier alpha value is -2.02. The molecule has 5 nitrogen and oxygen atoms in total. The van der Waals surface area contributed by atoms with Crippen LogP contribution in [0.5, 0.6) is 0 Å². The summed E-state index contributed by atoms with van der Waals surface area (Å²) < 4.78 is 26.5. The van der Waals surface area contributed by atoms with Gasteiger partial charge in [-0.15, -0.1) is 0 Å². The van der Waals surface area contributed by atoms with E-state index in [1.54, 1.807) is 0 Å². The van der Waals surface area contributed by atoms with E-state index in [4.69, 9.17) is 15.9 Å². The minimum atomic E-state index is -1.87. The highest BCUT2D eigenvalue weighted by atomic mass is 19.1. The van der Waals surface area contributed by atoms with Gasteiger partial charge in [0.15, 0.2) is 0 Å². The molecule has 0 heterocycles. The lowest BCUT2D eigenvalue weighted by molar-refractivity contribution is -0.138. The lowest BCUT2D eigenvalue weighted by Gasteiger charge is -2.09. The van der Waals surface area contributed by atoms with Gasteiger partial charge in [-0.1, -0.05) is 0 Å². The molecule has 4 N–H and O–H groups in total. The molecule has 0 aromatic heterocycles. The van der Waals surface area contributed by atoms with Crippen LogP contribution in [-0.2, 0) is 4.79 Å². The first kappa shape index (κ1) is 12.1. The molecule has 16 heavy (non-hydrogen) atoms. The lowest BCUT2D eigenvalue weighted by atomic mass is 10.0. The first-order valence-corrected chi connectivity index (χ1v) is 4.05. The molecule has 0 spiro atoms. The lowest BCUT2D eigenvalue weighted by Crippen LogP contribution is -2.23. The summed E-state index contributed by atoms with van der Waals surface area (Å²) in [5, 5.41) is 17.0. The Morgan fingerprint density at radius 2 is 1.62 bits per heavy atom. The van der Waals surface area contributed by atoms with Crippen LogP contribution in [0.3, 0.4) is 0 Å². The molecule has 1 unspecified atom stereocenters. The average Bonchev–Trinajstić information content (AvgIpc) is 2.15. The molecule has 1 atom stereocenters. The molecule has 0 saturated carbocycles. The van der Waals surface area contributed by atoms with Crippen molar-refractivity contribution in [2.75, 3.05) is 0 Å². The third-order valence-corrected chi connectivity index (χ3v) is 1.90. The second-order valence-corrected chi connectivity index (χ2v) is 2.97. The Balaban J connectivity index is 3.33. The zero-order valence-corrected chi connectivity index (χ0v) is 7.78. The Morgan fingerprint density at radius 3 is 1.94 bits per heavy atom. The molecule has 0 aliphatic rings. The monoisotopic (exact) mass is 231 g/mol. The second-order valence-electron chi connectivity index (χ2n) is 2.97. The van der Waals surface area contributed by atoms with Crippen LogP contribution in [-0.4, -0.2) is 22.2 Å². The minimum absolute atomic E-state index is 0.517. The number of carbonyl (C=O) groups is 2. The third kappa shape index (κ3) is 2.14. The van der Waals surface area contributed by atoms with Gasteiger partial charge in [-0.3, -0.25) is 4.79 Å². The van der Waals surface area contributed by atoms with Crippen LogP contribution < -0.4 is 5.73 Å². The van der Waals surface area contributed by atoms with Crippen LogP contribution in [0.15, 0.2) is 12.1 Å². The van der Waals surface area contributed by atoms with Crippen LogP contribution in [0.2, 0.25) is 0 Å². The van der Waals surface area contributed by atoms with E-state index in [9.17, 15) is 18.4 Å². The quantitative estimate of drug-likeness (QED) is 0.712. The van der Waals surface area contributed by atoms with E-state index in [0.717, 1.165) is 0 Å². The standard InChI is InChI=1S/C9H7F2NO4/c10-4-1-3(8(13)14)2-5(11)6(4)7(12)9(15)16/h1-2,7H,12H2,(H,13,14)(H,15,16). The maximum absolute atomic E-state index is 13.2. The highest BCUT2D eigenvalue weighted by Crippen LogP contribution is 2.21. The molecule has 0 bridgehead atoms. The van der Waals surface area contributed by atoms with Crippen molar-refractivity contribution >= 4 is 11.9 Å². The van der Waals surface area contributed by atoms with Crippen molar-refractivity contribution in [3.05, 3.63) is 34.9 Å². The van der Waals surface area contributed by atoms with E-state index in [1.807, 2.05) is 0 Å². The number of carboxylic acids is 2. The van der Waals surface area contributed by atoms with E-state index in [2.05, 4.69) is 0 Å². The predicted molar refractivity (Wildman–Crippen MR) is 47.9 cm³/mol. The van der Waals surface area contributed by atoms with Gasteiger partial charge < -0.3 is 15.9 Å². The molecule has 0 radical (unpaired) electrons. The van der Waals surface area contributed by atoms with Crippen molar-refractivity contribution < 1.29 is 28.6 Å². The number of carboxylic acid groups (broad SMARTS) is 2. The Morgan fingerprint density at radius 1 is 1.19 bits per heavy atom. The highest BCUT2D eigenvalue weighted by Gasteiger charge is 2.24. The number of hydrogen-bond donors (Lipinski definition) is 3. The van der Waals surface area contributed by atoms with Crippen LogP contribution in [0, 0.1) is 11.6 Å². The molecule has 1 rings (SSSR count). The smallest absolute Gasteiger partial charge is 0.335 e. The maximum atomic E-state index is 13.2. The van der Waals surface area contributed by atoms with Gasteiger partial charge in [0.1, 0.15) is 17.7 Å². The van der Waals surface area contributed by atoms with E-state index >= 15 is 0 Å². The molecular formula is C9H7F2NO4. The Labute approximate surface area is 88.1 Å². The number of benzene rings is 1. The molecule has 0 amide bonds. The number of halogens is 2. The summed E-state index contributed by atoms with van der Waals surface area (Å²) in [6, 6.07) is -0.838. The van der Waals surface area contributed by atoms with Crippen molar-refractivity contribution in [3.63, 3.8) is 0 Å². The third-order valence-electron chi connectivity index (χ3n) is 1.90. The first-order chi connectivity index (χ1) is 7.34. The molecule has 86 valence electrons. The Kier molecular flexibility index (Phi) is 3.19. The summed E-state index contributed by atoms with van der Waals surface area (Å²) in [4.78, 5) is 20.9. The number of aliphatic carboxylic acids is 1. The zero-order valence-electron chi connectivity index (χ0n) is 7.78. The summed E-state index contributed by atoms with van der Waals surface area (Å²) in [7, 11) is 0. The van der Waals surface area contributed by atoms with Crippen LogP contribution in [0.25, 0.3) is 0 Å². The van der Waals surface area contributed by atoms with E-state index in [0.29, 0.717) is 12.1 Å². The van der Waals surface area contributed by atoms with Gasteiger partial charge in [0.25, 0.3) is 0 Å². The summed E-state index contributed by atoms with van der Waals surface area (Å²) >= 11 is 0. The van der Waals surface area contributed by atoms with Gasteiger partial charge in [-0.25, -0.2) is 13.6 Å². The normalized spacial score (nSPS) is 12.2. The minimum Gasteiger partial charge on any atom is -0.480 e. The van der Waals surface area contributed by atoms with E-state index < -0.39 is 40.7 Å². The summed E-state index contributed by atoms with van der Waals surface area (Å²) in [5.74, 6) is -5.73. The predicted octanol–water partition coefficient (Wildman–Crippen LogP) is 0.747. The summed E-state index contributed by atoms with van der Waals surface area (Å²) in [6.45, 7) is 0. The fraction of sp³-hybridized carbons (Fsp3) is 0.111. The number of nitrogens with two attached hydrogens (primary N) is 1. The number of aromatic carboxylic acids is 1. The fourth-order valence-corrected chi connectivity index (χ4v) is 1.13. The molecule has 0 saturated heterocycles. The van der Waals surface area contributed by atoms with Gasteiger partial charge >= 0.3 is 11.9 Å². The van der Waals surface area contributed by atoms with Crippen molar-refractivity contribution in [2.24, 2.45) is 5.73 Å². The van der Waals surface area contributed by atoms with Crippen LogP contribution in [0.1, 0.15) is 22.0 Å². The van der Waals surface area contributed by atoms with E-state index in [1.165, 1.54) is 0 Å². The highest BCUT2D eigenvalue weighted by molar-refractivity contribution is 5.88. The van der Waals surface area contributed by atoms with Crippen molar-refractivity contribution in [3.8, 4) is 0 Å². The van der Waals surface area contributed by atoms with Gasteiger partial charge in [0.2, 0.25) is 0 Å². The molecular weight excluding hydrogens is 224 g/mol. The van der Waals surface area contributed by atoms with Crippen LogP contribution in [0.4, 0.5) is 8.78 Å². The molecule has 7 heteroatoms. The SMILES string of the molecule is NC(C(=O)O)c1c(F)cc(C(=O)O)cc1F. The summed E-state index contributed by atoms with van der Waals surface area (Å²) in [5.41, 5.74) is 3.56. The summed E-state index contributed by atoms with van der Waals surface area (Å²) in [6.07, 6.45) is 0. The van der Waals surface area contributed by atoms with Gasteiger partial charge in [0.05, 0.1) is 11.1 Å². The second kappa shape index (κ2) is 4.23. The molecule has 1 aromatic carbocycles. The largest absolute Gasteiger partial charge is 0.480 e. The van der Waals surface area contributed by atoms with Gasteiger partial charge in [-0.05, 0) is 12.1 Å². The van der Waals surface area contributed by atoms with Crippen molar-refractivity contribution in [1.29, 1.82) is 0 Å². The van der Waals surface area contributed by atoms with Crippen molar-refractivity contribution in [2.45, 2.75) is 6.04 Å². The van der Waals surface area contributed by atoms with Gasteiger partial charge in [0, 0.05) is 0 Å². The maximum Gasteiger partial charge on any atom is 0.335 e. The topological polar surface area (TPSA) is 101 Å². The average molecular weight is 231 g/mol. The van der Waals surface area contributed by atoms with Gasteiger partial charge in [-0.2, -0.15) is 0 Å². The molecule has 1 aromatic rings. The number of hydrogen-bond acceptors (Lipinski definition) is 3. The zero-order chi connectivity index (χ0) is 12.5. The van der Waals surface area contributed by atoms with Crippen molar-refractivity contribution in [1.82, 2.24) is 0 Å². The van der Waals surface area contributed by atoms with Crippen LogP contribution >= 0.6 is 0 Å².